The van der Waals surface area contributed by atoms with Crippen molar-refractivity contribution in [2.45, 2.75) is 51.7 Å². The Morgan fingerprint density at radius 1 is 1.24 bits per heavy atom. The molecule has 120 valence electrons. The van der Waals surface area contributed by atoms with Gasteiger partial charge in [0.1, 0.15) is 11.6 Å². The molecule has 1 rings (SSSR count). The van der Waals surface area contributed by atoms with Crippen LogP contribution in [0.2, 0.25) is 0 Å². The van der Waals surface area contributed by atoms with Crippen LogP contribution in [0, 0.1) is 11.6 Å². The summed E-state index contributed by atoms with van der Waals surface area (Å²) in [6.07, 6.45) is 3.00. The highest BCUT2D eigenvalue weighted by atomic mass is 79.9. The molecule has 0 heterocycles. The van der Waals surface area contributed by atoms with E-state index in [4.69, 9.17) is 4.74 Å². The fourth-order valence-electron chi connectivity index (χ4n) is 2.41. The summed E-state index contributed by atoms with van der Waals surface area (Å²) in [6.45, 7) is 4.93. The second-order valence-corrected chi connectivity index (χ2v) is 6.00. The van der Waals surface area contributed by atoms with Gasteiger partial charge >= 0.3 is 0 Å². The van der Waals surface area contributed by atoms with Crippen LogP contribution in [0.1, 0.15) is 38.7 Å². The van der Waals surface area contributed by atoms with Gasteiger partial charge in [-0.05, 0) is 53.9 Å². The van der Waals surface area contributed by atoms with E-state index in [0.29, 0.717) is 0 Å². The molecule has 2 atom stereocenters. The third-order valence-electron chi connectivity index (χ3n) is 3.54. The normalized spacial score (nSPS) is 14.2. The Kier molecular flexibility index (Phi) is 8.37. The molecular weight excluding hydrogens is 340 g/mol. The summed E-state index contributed by atoms with van der Waals surface area (Å²) in [5, 5.41) is 3.35. The standard InChI is InChI=1S/C16H24BrF2NO/c1-4-6-15(21-3)14(20-9-5-2)10-11-13(18)8-7-12(17)16(11)19/h7-8,14-15,20H,4-6,9-10H2,1-3H3. The molecule has 0 aromatic heterocycles. The van der Waals surface area contributed by atoms with E-state index < -0.39 is 11.6 Å². The zero-order valence-corrected chi connectivity index (χ0v) is 14.5. The first-order valence-electron chi connectivity index (χ1n) is 7.43. The van der Waals surface area contributed by atoms with E-state index in [-0.39, 0.29) is 28.6 Å². The smallest absolute Gasteiger partial charge is 0.143 e. The molecule has 0 bridgehead atoms. The van der Waals surface area contributed by atoms with Gasteiger partial charge in [-0.15, -0.1) is 0 Å². The second-order valence-electron chi connectivity index (χ2n) is 5.15. The lowest BCUT2D eigenvalue weighted by Gasteiger charge is -2.27. The summed E-state index contributed by atoms with van der Waals surface area (Å²) in [5.41, 5.74) is 0.108. The van der Waals surface area contributed by atoms with Crippen molar-refractivity contribution in [3.8, 4) is 0 Å². The molecule has 2 unspecified atom stereocenters. The number of nitrogens with one attached hydrogen (secondary N) is 1. The van der Waals surface area contributed by atoms with Crippen LogP contribution < -0.4 is 5.32 Å². The number of halogens is 3. The lowest BCUT2D eigenvalue weighted by Crippen LogP contribution is -2.43. The molecule has 0 fully saturated rings. The quantitative estimate of drug-likeness (QED) is 0.654. The Morgan fingerprint density at radius 3 is 2.52 bits per heavy atom. The van der Waals surface area contributed by atoms with E-state index >= 15 is 0 Å². The SMILES string of the molecule is CCCNC(Cc1c(F)ccc(Br)c1F)C(CCC)OC. The number of hydrogen-bond donors (Lipinski definition) is 1. The Hall–Kier alpha value is -0.520. The van der Waals surface area contributed by atoms with E-state index in [1.54, 1.807) is 7.11 Å². The Balaban J connectivity index is 2.97. The van der Waals surface area contributed by atoms with Gasteiger partial charge in [0.25, 0.3) is 0 Å². The number of rotatable bonds is 9. The van der Waals surface area contributed by atoms with Crippen LogP contribution >= 0.6 is 15.9 Å². The summed E-state index contributed by atoms with van der Waals surface area (Å²) < 4.78 is 33.9. The minimum Gasteiger partial charge on any atom is -0.380 e. The number of hydrogen-bond acceptors (Lipinski definition) is 2. The minimum atomic E-state index is -0.523. The number of benzene rings is 1. The third-order valence-corrected chi connectivity index (χ3v) is 4.16. The lowest BCUT2D eigenvalue weighted by molar-refractivity contribution is 0.0604. The molecule has 0 aliphatic rings. The fourth-order valence-corrected chi connectivity index (χ4v) is 2.78. The Labute approximate surface area is 134 Å². The molecule has 21 heavy (non-hydrogen) atoms. The van der Waals surface area contributed by atoms with Gasteiger partial charge in [-0.25, -0.2) is 8.78 Å². The highest BCUT2D eigenvalue weighted by molar-refractivity contribution is 9.10. The van der Waals surface area contributed by atoms with E-state index in [1.807, 2.05) is 0 Å². The van der Waals surface area contributed by atoms with Crippen LogP contribution in [0.15, 0.2) is 16.6 Å². The van der Waals surface area contributed by atoms with E-state index in [0.717, 1.165) is 25.8 Å². The predicted molar refractivity (Wildman–Crippen MR) is 85.5 cm³/mol. The average Bonchev–Trinajstić information content (AvgIpc) is 2.48. The first-order chi connectivity index (χ1) is 10.0. The Bertz CT molecular complexity index is 443. The Morgan fingerprint density at radius 2 is 1.95 bits per heavy atom. The van der Waals surface area contributed by atoms with E-state index in [1.165, 1.54) is 12.1 Å². The van der Waals surface area contributed by atoms with Crippen molar-refractivity contribution in [1.82, 2.24) is 5.32 Å². The zero-order chi connectivity index (χ0) is 15.8. The maximum Gasteiger partial charge on any atom is 0.143 e. The molecule has 0 radical (unpaired) electrons. The molecule has 5 heteroatoms. The molecule has 1 aromatic carbocycles. The first kappa shape index (κ1) is 18.5. The zero-order valence-electron chi connectivity index (χ0n) is 12.9. The van der Waals surface area contributed by atoms with Crippen molar-refractivity contribution in [2.24, 2.45) is 0 Å². The van der Waals surface area contributed by atoms with Crippen LogP contribution in [0.5, 0.6) is 0 Å². The first-order valence-corrected chi connectivity index (χ1v) is 8.22. The summed E-state index contributed by atoms with van der Waals surface area (Å²) in [7, 11) is 1.65. The van der Waals surface area contributed by atoms with Crippen molar-refractivity contribution in [3.05, 3.63) is 33.8 Å². The van der Waals surface area contributed by atoms with Crippen molar-refractivity contribution in [1.29, 1.82) is 0 Å². The van der Waals surface area contributed by atoms with E-state index in [9.17, 15) is 8.78 Å². The monoisotopic (exact) mass is 363 g/mol. The molecule has 0 amide bonds. The van der Waals surface area contributed by atoms with Gasteiger partial charge in [0, 0.05) is 18.7 Å². The van der Waals surface area contributed by atoms with Crippen molar-refractivity contribution >= 4 is 15.9 Å². The van der Waals surface area contributed by atoms with Crippen molar-refractivity contribution in [3.63, 3.8) is 0 Å². The largest absolute Gasteiger partial charge is 0.380 e. The van der Waals surface area contributed by atoms with Gasteiger partial charge in [0.05, 0.1) is 10.6 Å². The average molecular weight is 364 g/mol. The maximum absolute atomic E-state index is 14.1. The molecule has 2 nitrogen and oxygen atoms in total. The fraction of sp³-hybridized carbons (Fsp3) is 0.625. The predicted octanol–water partition coefficient (Wildman–Crippen LogP) is 4.45. The number of methoxy groups -OCH3 is 1. The topological polar surface area (TPSA) is 21.3 Å². The molecule has 0 saturated carbocycles. The summed E-state index contributed by atoms with van der Waals surface area (Å²) in [6, 6.07) is 2.58. The number of ether oxygens (including phenoxy) is 1. The molecule has 0 spiro atoms. The second kappa shape index (κ2) is 9.49. The van der Waals surface area contributed by atoms with Crippen LogP contribution in [-0.2, 0) is 11.2 Å². The summed E-state index contributed by atoms with van der Waals surface area (Å²) >= 11 is 3.11. The third kappa shape index (κ3) is 5.31. The van der Waals surface area contributed by atoms with Crippen molar-refractivity contribution < 1.29 is 13.5 Å². The van der Waals surface area contributed by atoms with Gasteiger partial charge in [0.15, 0.2) is 0 Å². The molecular formula is C16H24BrF2NO. The van der Waals surface area contributed by atoms with Gasteiger partial charge < -0.3 is 10.1 Å². The van der Waals surface area contributed by atoms with Gasteiger partial charge in [0.2, 0.25) is 0 Å². The molecule has 0 aliphatic carbocycles. The highest BCUT2D eigenvalue weighted by Gasteiger charge is 2.24. The lowest BCUT2D eigenvalue weighted by atomic mass is 9.97. The molecule has 0 saturated heterocycles. The van der Waals surface area contributed by atoms with Gasteiger partial charge in [-0.1, -0.05) is 20.3 Å². The van der Waals surface area contributed by atoms with Crippen LogP contribution in [0.4, 0.5) is 8.78 Å². The summed E-state index contributed by atoms with van der Waals surface area (Å²) in [4.78, 5) is 0. The van der Waals surface area contributed by atoms with Gasteiger partial charge in [-0.3, -0.25) is 0 Å². The van der Waals surface area contributed by atoms with Crippen molar-refractivity contribution in [2.75, 3.05) is 13.7 Å². The van der Waals surface area contributed by atoms with Gasteiger partial charge in [-0.2, -0.15) is 0 Å². The molecule has 1 aromatic rings. The van der Waals surface area contributed by atoms with Crippen LogP contribution in [-0.4, -0.2) is 25.8 Å². The van der Waals surface area contributed by atoms with E-state index in [2.05, 4.69) is 35.1 Å². The highest BCUT2D eigenvalue weighted by Crippen LogP contribution is 2.24. The molecule has 1 N–H and O–H groups in total. The minimum absolute atomic E-state index is 0.0562. The molecule has 0 aliphatic heterocycles. The summed E-state index contributed by atoms with van der Waals surface area (Å²) in [5.74, 6) is -1.03. The maximum atomic E-state index is 14.1. The van der Waals surface area contributed by atoms with Crippen LogP contribution in [0.25, 0.3) is 0 Å². The van der Waals surface area contributed by atoms with Crippen LogP contribution in [0.3, 0.4) is 0 Å².